The van der Waals surface area contributed by atoms with Gasteiger partial charge in [0.25, 0.3) is 5.91 Å². The molecule has 0 aromatic heterocycles. The summed E-state index contributed by atoms with van der Waals surface area (Å²) in [7, 11) is -3.01. The van der Waals surface area contributed by atoms with E-state index < -0.39 is 16.1 Å². The van der Waals surface area contributed by atoms with Crippen molar-refractivity contribution in [3.63, 3.8) is 0 Å². The van der Waals surface area contributed by atoms with Crippen LogP contribution >= 0.6 is 15.9 Å². The third-order valence-corrected chi connectivity index (χ3v) is 5.96. The second-order valence-electron chi connectivity index (χ2n) is 5.64. The Bertz CT molecular complexity index is 686. The van der Waals surface area contributed by atoms with Crippen molar-refractivity contribution in [1.82, 2.24) is 4.90 Å². The van der Waals surface area contributed by atoms with Gasteiger partial charge < -0.3 is 14.4 Å². The van der Waals surface area contributed by atoms with Crippen molar-refractivity contribution in [1.29, 1.82) is 0 Å². The molecule has 1 amide bonds. The molecule has 0 aliphatic carbocycles. The number of benzene rings is 1. The van der Waals surface area contributed by atoms with E-state index in [1.54, 1.807) is 17.0 Å². The topological polar surface area (TPSA) is 72.9 Å². The molecule has 2 saturated heterocycles. The van der Waals surface area contributed by atoms with Crippen molar-refractivity contribution in [3.8, 4) is 0 Å². The lowest BCUT2D eigenvalue weighted by Gasteiger charge is -2.28. The van der Waals surface area contributed by atoms with Crippen molar-refractivity contribution in [2.75, 3.05) is 37.8 Å². The number of rotatable bonds is 2. The summed E-state index contributed by atoms with van der Waals surface area (Å²) < 4.78 is 34.9. The van der Waals surface area contributed by atoms with Gasteiger partial charge in [-0.1, -0.05) is 15.9 Å². The van der Waals surface area contributed by atoms with Gasteiger partial charge in [-0.2, -0.15) is 0 Å². The quantitative estimate of drug-likeness (QED) is 0.751. The zero-order chi connectivity index (χ0) is 16.4. The zero-order valence-electron chi connectivity index (χ0n) is 12.5. The number of carbonyl (C=O) groups is 1. The van der Waals surface area contributed by atoms with Crippen LogP contribution < -0.4 is 0 Å². The smallest absolute Gasteiger partial charge is 0.253 e. The van der Waals surface area contributed by atoms with Crippen LogP contribution in [0.25, 0.3) is 0 Å². The summed E-state index contributed by atoms with van der Waals surface area (Å²) >= 11 is 3.41. The Morgan fingerprint density at radius 3 is 2.43 bits per heavy atom. The first kappa shape index (κ1) is 16.9. The Hall–Kier alpha value is -0.960. The largest absolute Gasteiger partial charge is 0.348 e. The molecule has 0 saturated carbocycles. The number of halogens is 1. The molecule has 1 aromatic rings. The minimum Gasteiger partial charge on any atom is -0.348 e. The summed E-state index contributed by atoms with van der Waals surface area (Å²) in [5, 5.41) is 0. The molecule has 8 heteroatoms. The molecule has 0 spiro atoms. The fraction of sp³-hybridized carbons (Fsp3) is 0.533. The van der Waals surface area contributed by atoms with Crippen LogP contribution in [0.3, 0.4) is 0 Å². The van der Waals surface area contributed by atoms with Crippen molar-refractivity contribution < 1.29 is 22.7 Å². The normalized spacial score (nSPS) is 22.0. The molecule has 23 heavy (non-hydrogen) atoms. The monoisotopic (exact) mass is 403 g/mol. The second-order valence-corrected chi connectivity index (χ2v) is 8.86. The van der Waals surface area contributed by atoms with E-state index in [1.165, 1.54) is 0 Å². The molecular formula is C15H18BrNO5S. The predicted molar refractivity (Wildman–Crippen MR) is 88.0 cm³/mol. The van der Waals surface area contributed by atoms with Gasteiger partial charge in [0.15, 0.2) is 16.1 Å². The van der Waals surface area contributed by atoms with E-state index in [1.807, 2.05) is 6.07 Å². The Kier molecular flexibility index (Phi) is 5.05. The molecule has 6 nitrogen and oxygen atoms in total. The average molecular weight is 404 g/mol. The van der Waals surface area contributed by atoms with E-state index in [4.69, 9.17) is 9.47 Å². The van der Waals surface area contributed by atoms with Crippen LogP contribution in [-0.4, -0.2) is 57.0 Å². The van der Waals surface area contributed by atoms with Gasteiger partial charge in [0.05, 0.1) is 24.7 Å². The van der Waals surface area contributed by atoms with Gasteiger partial charge in [0, 0.05) is 28.7 Å². The number of ether oxygens (including phenoxy) is 2. The molecular weight excluding hydrogens is 386 g/mol. The molecule has 2 aliphatic heterocycles. The highest BCUT2D eigenvalue weighted by molar-refractivity contribution is 9.10. The van der Waals surface area contributed by atoms with E-state index in [0.29, 0.717) is 18.8 Å². The lowest BCUT2D eigenvalue weighted by molar-refractivity contribution is -0.183. The van der Waals surface area contributed by atoms with E-state index in [0.717, 1.165) is 16.5 Å². The fourth-order valence-electron chi connectivity index (χ4n) is 2.65. The minimum atomic E-state index is -3.01. The highest BCUT2D eigenvalue weighted by Crippen LogP contribution is 2.27. The third kappa shape index (κ3) is 4.12. The molecule has 0 bridgehead atoms. The van der Waals surface area contributed by atoms with Crippen LogP contribution in [0.4, 0.5) is 0 Å². The second kappa shape index (κ2) is 6.88. The Labute approximate surface area is 143 Å². The van der Waals surface area contributed by atoms with Crippen LogP contribution in [0.5, 0.6) is 0 Å². The average Bonchev–Trinajstić information content (AvgIpc) is 2.54. The lowest BCUT2D eigenvalue weighted by atomic mass is 10.1. The number of hydrogen-bond acceptors (Lipinski definition) is 5. The van der Waals surface area contributed by atoms with Crippen LogP contribution in [0.2, 0.25) is 0 Å². The molecule has 2 fully saturated rings. The molecule has 0 N–H and O–H groups in total. The first-order chi connectivity index (χ1) is 10.9. The SMILES string of the molecule is O=C(c1cc(Br)cc(C2OCCCO2)c1)N1CCS(=O)(=O)CC1. The molecule has 2 heterocycles. The van der Waals surface area contributed by atoms with Gasteiger partial charge in [-0.05, 0) is 24.6 Å². The summed E-state index contributed by atoms with van der Waals surface area (Å²) in [5.74, 6) is -0.124. The number of nitrogens with zero attached hydrogens (tertiary/aromatic N) is 1. The number of hydrogen-bond donors (Lipinski definition) is 0. The Morgan fingerprint density at radius 2 is 1.78 bits per heavy atom. The maximum absolute atomic E-state index is 12.6. The Morgan fingerprint density at radius 1 is 1.13 bits per heavy atom. The van der Waals surface area contributed by atoms with E-state index >= 15 is 0 Å². The standard InChI is InChI=1S/C15H18BrNO5S/c16-13-9-11(8-12(10-13)15-21-4-1-5-22-15)14(18)17-2-6-23(19,20)7-3-17/h8-10,15H,1-7H2. The molecule has 126 valence electrons. The number of sulfone groups is 1. The van der Waals surface area contributed by atoms with E-state index in [-0.39, 0.29) is 30.5 Å². The molecule has 0 unspecified atom stereocenters. The molecule has 0 atom stereocenters. The summed E-state index contributed by atoms with van der Waals surface area (Å²) in [6.45, 7) is 1.73. The lowest BCUT2D eigenvalue weighted by Crippen LogP contribution is -2.43. The zero-order valence-corrected chi connectivity index (χ0v) is 14.9. The van der Waals surface area contributed by atoms with Crippen molar-refractivity contribution in [2.24, 2.45) is 0 Å². The molecule has 3 rings (SSSR count). The van der Waals surface area contributed by atoms with Gasteiger partial charge in [0.1, 0.15) is 0 Å². The van der Waals surface area contributed by atoms with Gasteiger partial charge >= 0.3 is 0 Å². The molecule has 1 aromatic carbocycles. The van der Waals surface area contributed by atoms with Gasteiger partial charge in [-0.25, -0.2) is 8.42 Å². The van der Waals surface area contributed by atoms with Crippen LogP contribution in [0.15, 0.2) is 22.7 Å². The summed E-state index contributed by atoms with van der Waals surface area (Å²) in [5.41, 5.74) is 1.29. The predicted octanol–water partition coefficient (Wildman–Crippen LogP) is 1.76. The minimum absolute atomic E-state index is 0.0223. The van der Waals surface area contributed by atoms with E-state index in [9.17, 15) is 13.2 Å². The van der Waals surface area contributed by atoms with Crippen LogP contribution in [0, 0.1) is 0 Å². The molecule has 2 aliphatic rings. The van der Waals surface area contributed by atoms with Crippen molar-refractivity contribution in [3.05, 3.63) is 33.8 Å². The van der Waals surface area contributed by atoms with Gasteiger partial charge in [-0.3, -0.25) is 4.79 Å². The summed E-state index contributed by atoms with van der Waals surface area (Å²) in [4.78, 5) is 14.2. The highest BCUT2D eigenvalue weighted by Gasteiger charge is 2.27. The van der Waals surface area contributed by atoms with Gasteiger partial charge in [0.2, 0.25) is 0 Å². The maximum Gasteiger partial charge on any atom is 0.253 e. The summed E-state index contributed by atoms with van der Waals surface area (Å²) in [6, 6.07) is 5.36. The van der Waals surface area contributed by atoms with Crippen LogP contribution in [0.1, 0.15) is 28.6 Å². The number of carbonyl (C=O) groups excluding carboxylic acids is 1. The van der Waals surface area contributed by atoms with E-state index in [2.05, 4.69) is 15.9 Å². The first-order valence-corrected chi connectivity index (χ1v) is 10.1. The summed E-state index contributed by atoms with van der Waals surface area (Å²) in [6.07, 6.45) is 0.396. The Balaban J connectivity index is 1.79. The number of amides is 1. The maximum atomic E-state index is 12.6. The molecule has 0 radical (unpaired) electrons. The van der Waals surface area contributed by atoms with Crippen molar-refractivity contribution >= 4 is 31.7 Å². The highest BCUT2D eigenvalue weighted by atomic mass is 79.9. The first-order valence-electron chi connectivity index (χ1n) is 7.48. The fourth-order valence-corrected chi connectivity index (χ4v) is 4.36. The van der Waals surface area contributed by atoms with Crippen LogP contribution in [-0.2, 0) is 19.3 Å². The van der Waals surface area contributed by atoms with Crippen molar-refractivity contribution in [2.45, 2.75) is 12.7 Å². The third-order valence-electron chi connectivity index (χ3n) is 3.90. The van der Waals surface area contributed by atoms with Gasteiger partial charge in [-0.15, -0.1) is 0 Å².